The van der Waals surface area contributed by atoms with Crippen LogP contribution < -0.4 is 11.5 Å². The van der Waals surface area contributed by atoms with Crippen molar-refractivity contribution < 1.29 is 14.3 Å². The van der Waals surface area contributed by atoms with Crippen molar-refractivity contribution in [3.63, 3.8) is 0 Å². The Kier molecular flexibility index (Phi) is 4.64. The Balaban J connectivity index is 1.80. The van der Waals surface area contributed by atoms with E-state index in [1.54, 1.807) is 0 Å². The standard InChI is InChI=1S/C17H26N2O3/c18-12-5-1-10(2-6-12)16(11-3-7-13(19)8-4-11)14-9-15(20)22-17(14)21/h9-13,16H,1-8,18-19H2. The fraction of sp³-hybridized carbons (Fsp3) is 0.765. The summed E-state index contributed by atoms with van der Waals surface area (Å²) in [6.07, 6.45) is 9.58. The van der Waals surface area contributed by atoms with E-state index in [0.717, 1.165) is 51.4 Å². The van der Waals surface area contributed by atoms with Gasteiger partial charge < -0.3 is 16.2 Å². The van der Waals surface area contributed by atoms with Gasteiger partial charge in [-0.05, 0) is 69.1 Å². The van der Waals surface area contributed by atoms with Gasteiger partial charge in [0.05, 0.1) is 0 Å². The van der Waals surface area contributed by atoms with Crippen molar-refractivity contribution in [3.8, 4) is 0 Å². The molecule has 0 amide bonds. The van der Waals surface area contributed by atoms with Crippen molar-refractivity contribution in [1.29, 1.82) is 0 Å². The second kappa shape index (κ2) is 6.50. The molecular weight excluding hydrogens is 280 g/mol. The molecule has 2 aliphatic carbocycles. The fourth-order valence-electron chi connectivity index (χ4n) is 4.50. The SMILES string of the molecule is NC1CCC(C(C2=CC(=O)OC2=O)C2CCC(N)CC2)CC1. The number of hydrogen-bond donors (Lipinski definition) is 2. The maximum absolute atomic E-state index is 12.1. The number of cyclic esters (lactones) is 2. The smallest absolute Gasteiger partial charge is 0.342 e. The number of nitrogens with two attached hydrogens (primary N) is 2. The molecule has 1 heterocycles. The quantitative estimate of drug-likeness (QED) is 0.610. The van der Waals surface area contributed by atoms with E-state index in [9.17, 15) is 9.59 Å². The Hall–Kier alpha value is -1.20. The van der Waals surface area contributed by atoms with Gasteiger partial charge in [-0.3, -0.25) is 0 Å². The van der Waals surface area contributed by atoms with Crippen molar-refractivity contribution in [1.82, 2.24) is 0 Å². The highest BCUT2D eigenvalue weighted by Crippen LogP contribution is 2.44. The van der Waals surface area contributed by atoms with Crippen LogP contribution in [0.2, 0.25) is 0 Å². The Labute approximate surface area is 131 Å². The summed E-state index contributed by atoms with van der Waals surface area (Å²) >= 11 is 0. The summed E-state index contributed by atoms with van der Waals surface area (Å²) in [5, 5.41) is 0. The number of carbonyl (C=O) groups is 2. The van der Waals surface area contributed by atoms with Crippen molar-refractivity contribution in [2.45, 2.75) is 63.5 Å². The van der Waals surface area contributed by atoms with Crippen LogP contribution in [-0.4, -0.2) is 24.0 Å². The zero-order chi connectivity index (χ0) is 15.7. The molecule has 0 atom stereocenters. The van der Waals surface area contributed by atoms with Crippen molar-refractivity contribution in [3.05, 3.63) is 11.6 Å². The highest BCUT2D eigenvalue weighted by atomic mass is 16.6. The van der Waals surface area contributed by atoms with Crippen molar-refractivity contribution >= 4 is 11.9 Å². The van der Waals surface area contributed by atoms with E-state index < -0.39 is 11.9 Å². The average molecular weight is 306 g/mol. The molecule has 0 aromatic heterocycles. The van der Waals surface area contributed by atoms with Gasteiger partial charge in [-0.15, -0.1) is 0 Å². The average Bonchev–Trinajstić information content (AvgIpc) is 2.82. The highest BCUT2D eigenvalue weighted by molar-refractivity contribution is 6.09. The molecule has 0 bridgehead atoms. The minimum atomic E-state index is -0.509. The topological polar surface area (TPSA) is 95.4 Å². The van der Waals surface area contributed by atoms with E-state index in [4.69, 9.17) is 16.2 Å². The molecule has 0 aromatic carbocycles. The number of esters is 2. The van der Waals surface area contributed by atoms with Crippen LogP contribution in [0.1, 0.15) is 51.4 Å². The van der Waals surface area contributed by atoms with Gasteiger partial charge in [-0.25, -0.2) is 9.59 Å². The number of ether oxygens (including phenoxy) is 1. The molecular formula is C17H26N2O3. The molecule has 0 unspecified atom stereocenters. The summed E-state index contributed by atoms with van der Waals surface area (Å²) < 4.78 is 4.76. The molecule has 0 aromatic rings. The Morgan fingerprint density at radius 2 is 1.32 bits per heavy atom. The normalized spacial score (nSPS) is 37.6. The summed E-state index contributed by atoms with van der Waals surface area (Å²) in [7, 11) is 0. The molecule has 3 aliphatic rings. The molecule has 1 aliphatic heterocycles. The lowest BCUT2D eigenvalue weighted by atomic mass is 9.66. The van der Waals surface area contributed by atoms with E-state index in [0.29, 0.717) is 17.4 Å². The van der Waals surface area contributed by atoms with Crippen LogP contribution in [0, 0.1) is 17.8 Å². The van der Waals surface area contributed by atoms with Gasteiger partial charge in [-0.2, -0.15) is 0 Å². The zero-order valence-electron chi connectivity index (χ0n) is 13.0. The number of hydrogen-bond acceptors (Lipinski definition) is 5. The van der Waals surface area contributed by atoms with E-state index in [1.165, 1.54) is 6.08 Å². The molecule has 0 radical (unpaired) electrons. The van der Waals surface area contributed by atoms with Crippen LogP contribution in [-0.2, 0) is 14.3 Å². The third-order valence-electron chi connectivity index (χ3n) is 5.71. The van der Waals surface area contributed by atoms with Gasteiger partial charge in [0, 0.05) is 23.7 Å². The number of rotatable bonds is 3. The van der Waals surface area contributed by atoms with Crippen LogP contribution in [0.25, 0.3) is 0 Å². The fourth-order valence-corrected chi connectivity index (χ4v) is 4.50. The second-order valence-electron chi connectivity index (χ2n) is 7.18. The maximum Gasteiger partial charge on any atom is 0.342 e. The maximum atomic E-state index is 12.1. The van der Waals surface area contributed by atoms with E-state index >= 15 is 0 Å². The van der Waals surface area contributed by atoms with Gasteiger partial charge in [0.25, 0.3) is 0 Å². The van der Waals surface area contributed by atoms with Crippen LogP contribution >= 0.6 is 0 Å². The first-order valence-electron chi connectivity index (χ1n) is 8.53. The van der Waals surface area contributed by atoms with Gasteiger partial charge in [-0.1, -0.05) is 0 Å². The Bertz CT molecular complexity index is 450. The van der Waals surface area contributed by atoms with E-state index in [2.05, 4.69) is 0 Å². The van der Waals surface area contributed by atoms with E-state index in [-0.39, 0.29) is 18.0 Å². The van der Waals surface area contributed by atoms with Gasteiger partial charge >= 0.3 is 11.9 Å². The van der Waals surface area contributed by atoms with Gasteiger partial charge in [0.2, 0.25) is 0 Å². The first kappa shape index (κ1) is 15.7. The Morgan fingerprint density at radius 3 is 1.68 bits per heavy atom. The lowest BCUT2D eigenvalue weighted by Crippen LogP contribution is -2.37. The molecule has 122 valence electrons. The Morgan fingerprint density at radius 1 is 0.864 bits per heavy atom. The molecule has 4 N–H and O–H groups in total. The summed E-state index contributed by atoms with van der Waals surface area (Å²) in [6, 6.07) is 0.561. The first-order valence-corrected chi connectivity index (χ1v) is 8.53. The first-order chi connectivity index (χ1) is 10.5. The third-order valence-corrected chi connectivity index (χ3v) is 5.71. The lowest BCUT2D eigenvalue weighted by molar-refractivity contribution is -0.151. The molecule has 22 heavy (non-hydrogen) atoms. The zero-order valence-corrected chi connectivity index (χ0v) is 13.0. The summed E-state index contributed by atoms with van der Waals surface area (Å²) in [5.41, 5.74) is 12.6. The van der Waals surface area contributed by atoms with Crippen LogP contribution in [0.4, 0.5) is 0 Å². The molecule has 0 spiro atoms. The van der Waals surface area contributed by atoms with E-state index in [1.807, 2.05) is 0 Å². The predicted octanol–water partition coefficient (Wildman–Crippen LogP) is 1.65. The van der Waals surface area contributed by atoms with Gasteiger partial charge in [0.15, 0.2) is 0 Å². The van der Waals surface area contributed by atoms with Crippen LogP contribution in [0.15, 0.2) is 11.6 Å². The molecule has 2 saturated carbocycles. The summed E-state index contributed by atoms with van der Waals surface area (Å²) in [5.74, 6) is 0.0661. The largest absolute Gasteiger partial charge is 0.386 e. The van der Waals surface area contributed by atoms with Gasteiger partial charge in [0.1, 0.15) is 0 Å². The molecule has 5 nitrogen and oxygen atoms in total. The monoisotopic (exact) mass is 306 g/mol. The summed E-state index contributed by atoms with van der Waals surface area (Å²) in [6.45, 7) is 0. The predicted molar refractivity (Wildman–Crippen MR) is 82.5 cm³/mol. The lowest BCUT2D eigenvalue weighted by Gasteiger charge is -2.39. The van der Waals surface area contributed by atoms with Crippen molar-refractivity contribution in [2.75, 3.05) is 0 Å². The minimum Gasteiger partial charge on any atom is -0.386 e. The minimum absolute atomic E-state index is 0.138. The van der Waals surface area contributed by atoms with Crippen LogP contribution in [0.5, 0.6) is 0 Å². The second-order valence-corrected chi connectivity index (χ2v) is 7.18. The molecule has 3 rings (SSSR count). The number of carbonyl (C=O) groups excluding carboxylic acids is 2. The summed E-state index contributed by atoms with van der Waals surface area (Å²) in [4.78, 5) is 23.6. The molecule has 5 heteroatoms. The van der Waals surface area contributed by atoms with Crippen molar-refractivity contribution in [2.24, 2.45) is 29.2 Å². The third kappa shape index (κ3) is 3.25. The molecule has 0 saturated heterocycles. The van der Waals surface area contributed by atoms with Crippen LogP contribution in [0.3, 0.4) is 0 Å². The highest BCUT2D eigenvalue weighted by Gasteiger charge is 2.41. The molecule has 2 fully saturated rings.